The number of hydrogen-bond acceptors (Lipinski definition) is 3. The summed E-state index contributed by atoms with van der Waals surface area (Å²) in [6.45, 7) is 4.19. The van der Waals surface area contributed by atoms with Crippen molar-refractivity contribution >= 4 is 12.0 Å². The molecule has 1 heterocycles. The molecule has 1 aliphatic heterocycles. The molecule has 1 aliphatic rings. The Balaban J connectivity index is 2.78. The zero-order valence-electron chi connectivity index (χ0n) is 12.4. The molecule has 0 radical (unpaired) electrons. The predicted octanol–water partition coefficient (Wildman–Crippen LogP) is 1.58. The standard InChI is InChI=1S/C14H26N2O4/c1-3-14(4-2,12(18)19)15-13(20)16-9-6-5-7-11(16)8-10-17/h11,17H,3-10H2,1-2H3,(H,15,20)(H,18,19). The summed E-state index contributed by atoms with van der Waals surface area (Å²) in [5.74, 6) is -0.994. The third-order valence-corrected chi connectivity index (χ3v) is 4.31. The Morgan fingerprint density at radius 1 is 1.30 bits per heavy atom. The Labute approximate surface area is 120 Å². The van der Waals surface area contributed by atoms with E-state index in [1.54, 1.807) is 18.7 Å². The highest BCUT2D eigenvalue weighted by molar-refractivity contribution is 5.86. The van der Waals surface area contributed by atoms with Crippen molar-refractivity contribution in [3.05, 3.63) is 0 Å². The largest absolute Gasteiger partial charge is 0.480 e. The molecule has 0 aromatic carbocycles. The van der Waals surface area contributed by atoms with Gasteiger partial charge in [-0.2, -0.15) is 0 Å². The number of aliphatic hydroxyl groups is 1. The maximum atomic E-state index is 12.4. The fourth-order valence-electron chi connectivity index (χ4n) is 2.78. The molecule has 20 heavy (non-hydrogen) atoms. The zero-order chi connectivity index (χ0) is 15.2. The van der Waals surface area contributed by atoms with Crippen molar-refractivity contribution in [3.63, 3.8) is 0 Å². The van der Waals surface area contributed by atoms with Gasteiger partial charge in [0.2, 0.25) is 0 Å². The monoisotopic (exact) mass is 286 g/mol. The van der Waals surface area contributed by atoms with Crippen molar-refractivity contribution in [3.8, 4) is 0 Å². The molecule has 0 aromatic rings. The minimum atomic E-state index is -1.20. The number of nitrogens with zero attached hydrogens (tertiary/aromatic N) is 1. The minimum absolute atomic E-state index is 0.00829. The van der Waals surface area contributed by atoms with E-state index in [0.29, 0.717) is 25.8 Å². The molecule has 1 rings (SSSR count). The Hall–Kier alpha value is -1.30. The molecule has 0 spiro atoms. The first-order valence-electron chi connectivity index (χ1n) is 7.43. The molecule has 6 heteroatoms. The van der Waals surface area contributed by atoms with Crippen LogP contribution in [0.2, 0.25) is 0 Å². The second kappa shape index (κ2) is 7.47. The van der Waals surface area contributed by atoms with E-state index in [1.807, 2.05) is 0 Å². The van der Waals surface area contributed by atoms with E-state index >= 15 is 0 Å². The molecule has 1 atom stereocenters. The number of aliphatic carboxylic acids is 1. The molecule has 0 saturated carbocycles. The molecule has 3 N–H and O–H groups in total. The number of carbonyl (C=O) groups is 2. The molecule has 0 bridgehead atoms. The molecule has 1 saturated heterocycles. The van der Waals surface area contributed by atoms with Gasteiger partial charge >= 0.3 is 12.0 Å². The highest BCUT2D eigenvalue weighted by Crippen LogP contribution is 2.22. The van der Waals surface area contributed by atoms with Gasteiger partial charge in [0, 0.05) is 19.2 Å². The Morgan fingerprint density at radius 2 is 1.95 bits per heavy atom. The third kappa shape index (κ3) is 3.62. The molecule has 116 valence electrons. The number of carbonyl (C=O) groups excluding carboxylic acids is 1. The van der Waals surface area contributed by atoms with Gasteiger partial charge in [-0.25, -0.2) is 9.59 Å². The number of aliphatic hydroxyl groups excluding tert-OH is 1. The van der Waals surface area contributed by atoms with E-state index in [9.17, 15) is 14.7 Å². The van der Waals surface area contributed by atoms with Crippen LogP contribution < -0.4 is 5.32 Å². The van der Waals surface area contributed by atoms with Gasteiger partial charge in [-0.05, 0) is 38.5 Å². The fraction of sp³-hybridized carbons (Fsp3) is 0.857. The van der Waals surface area contributed by atoms with Crippen LogP contribution in [-0.2, 0) is 4.79 Å². The third-order valence-electron chi connectivity index (χ3n) is 4.31. The van der Waals surface area contributed by atoms with E-state index in [1.165, 1.54) is 0 Å². The average molecular weight is 286 g/mol. The number of amides is 2. The van der Waals surface area contributed by atoms with Crippen LogP contribution in [0.4, 0.5) is 4.79 Å². The van der Waals surface area contributed by atoms with Crippen molar-refractivity contribution < 1.29 is 19.8 Å². The summed E-state index contributed by atoms with van der Waals surface area (Å²) in [6.07, 6.45) is 4.08. The number of urea groups is 1. The lowest BCUT2D eigenvalue weighted by molar-refractivity contribution is -0.144. The second-order valence-corrected chi connectivity index (χ2v) is 5.38. The average Bonchev–Trinajstić information content (AvgIpc) is 2.45. The van der Waals surface area contributed by atoms with Gasteiger partial charge in [0.25, 0.3) is 0 Å². The van der Waals surface area contributed by atoms with Gasteiger partial charge in [-0.3, -0.25) is 0 Å². The molecule has 1 fully saturated rings. The van der Waals surface area contributed by atoms with Crippen LogP contribution in [0, 0.1) is 0 Å². The number of rotatable bonds is 6. The van der Waals surface area contributed by atoms with Crippen LogP contribution in [-0.4, -0.2) is 51.8 Å². The van der Waals surface area contributed by atoms with Crippen molar-refractivity contribution in [2.75, 3.05) is 13.2 Å². The summed E-state index contributed by atoms with van der Waals surface area (Å²) in [5.41, 5.74) is -1.20. The van der Waals surface area contributed by atoms with E-state index < -0.39 is 11.5 Å². The summed E-state index contributed by atoms with van der Waals surface area (Å²) in [7, 11) is 0. The highest BCUT2D eigenvalue weighted by atomic mass is 16.4. The first kappa shape index (κ1) is 16.8. The van der Waals surface area contributed by atoms with E-state index in [-0.39, 0.29) is 18.7 Å². The van der Waals surface area contributed by atoms with Crippen molar-refractivity contribution in [1.82, 2.24) is 10.2 Å². The minimum Gasteiger partial charge on any atom is -0.480 e. The summed E-state index contributed by atoms with van der Waals surface area (Å²) < 4.78 is 0. The lowest BCUT2D eigenvalue weighted by Crippen LogP contribution is -2.59. The summed E-state index contributed by atoms with van der Waals surface area (Å²) in [5, 5.41) is 21.1. The van der Waals surface area contributed by atoms with Crippen molar-refractivity contribution in [1.29, 1.82) is 0 Å². The van der Waals surface area contributed by atoms with E-state index in [2.05, 4.69) is 5.32 Å². The quantitative estimate of drug-likeness (QED) is 0.691. The number of nitrogens with one attached hydrogen (secondary N) is 1. The van der Waals surface area contributed by atoms with Crippen LogP contribution in [0.5, 0.6) is 0 Å². The van der Waals surface area contributed by atoms with Crippen LogP contribution >= 0.6 is 0 Å². The maximum Gasteiger partial charge on any atom is 0.329 e. The van der Waals surface area contributed by atoms with E-state index in [0.717, 1.165) is 19.3 Å². The van der Waals surface area contributed by atoms with Gasteiger partial charge in [-0.1, -0.05) is 13.8 Å². The molecular formula is C14H26N2O4. The Morgan fingerprint density at radius 3 is 2.45 bits per heavy atom. The van der Waals surface area contributed by atoms with Crippen molar-refractivity contribution in [2.24, 2.45) is 0 Å². The summed E-state index contributed by atoms with van der Waals surface area (Å²) in [6, 6.07) is -0.316. The normalized spacial score (nSPS) is 19.8. The SMILES string of the molecule is CCC(CC)(NC(=O)N1CCCCC1CCO)C(=O)O. The van der Waals surface area contributed by atoms with Gasteiger partial charge in [-0.15, -0.1) is 0 Å². The summed E-state index contributed by atoms with van der Waals surface area (Å²) in [4.78, 5) is 25.5. The van der Waals surface area contributed by atoms with Crippen molar-refractivity contribution in [2.45, 2.75) is 64.0 Å². The molecule has 2 amide bonds. The number of carboxylic acid groups (broad SMARTS) is 1. The topological polar surface area (TPSA) is 89.9 Å². The van der Waals surface area contributed by atoms with Gasteiger partial charge < -0.3 is 20.4 Å². The predicted molar refractivity (Wildman–Crippen MR) is 75.5 cm³/mol. The lowest BCUT2D eigenvalue weighted by atomic mass is 9.93. The van der Waals surface area contributed by atoms with E-state index in [4.69, 9.17) is 5.11 Å². The van der Waals surface area contributed by atoms with Gasteiger partial charge in [0.15, 0.2) is 0 Å². The second-order valence-electron chi connectivity index (χ2n) is 5.38. The molecule has 0 aromatic heterocycles. The van der Waals surface area contributed by atoms with Crippen LogP contribution in [0.15, 0.2) is 0 Å². The van der Waals surface area contributed by atoms with Gasteiger partial charge in [0.05, 0.1) is 0 Å². The highest BCUT2D eigenvalue weighted by Gasteiger charge is 2.38. The Kier molecular flexibility index (Phi) is 6.26. The van der Waals surface area contributed by atoms with Crippen LogP contribution in [0.1, 0.15) is 52.4 Å². The molecular weight excluding hydrogens is 260 g/mol. The number of likely N-dealkylation sites (tertiary alicyclic amines) is 1. The maximum absolute atomic E-state index is 12.4. The lowest BCUT2D eigenvalue weighted by Gasteiger charge is -2.38. The summed E-state index contributed by atoms with van der Waals surface area (Å²) >= 11 is 0. The number of carboxylic acids is 1. The number of hydrogen-bond donors (Lipinski definition) is 3. The molecule has 6 nitrogen and oxygen atoms in total. The first-order chi connectivity index (χ1) is 9.50. The zero-order valence-corrected chi connectivity index (χ0v) is 12.4. The van der Waals surface area contributed by atoms with Crippen LogP contribution in [0.3, 0.4) is 0 Å². The number of piperidine rings is 1. The van der Waals surface area contributed by atoms with Gasteiger partial charge in [0.1, 0.15) is 5.54 Å². The fourth-order valence-corrected chi connectivity index (χ4v) is 2.78. The van der Waals surface area contributed by atoms with Crippen LogP contribution in [0.25, 0.3) is 0 Å². The Bertz CT molecular complexity index is 340. The first-order valence-corrected chi connectivity index (χ1v) is 7.43. The smallest absolute Gasteiger partial charge is 0.329 e. The molecule has 0 aliphatic carbocycles. The molecule has 1 unspecified atom stereocenters.